The van der Waals surface area contributed by atoms with E-state index in [1.165, 1.54) is 17.0 Å². The highest BCUT2D eigenvalue weighted by molar-refractivity contribution is 7.92. The molecule has 0 radical (unpaired) electrons. The zero-order chi connectivity index (χ0) is 58.9. The third-order valence-corrected chi connectivity index (χ3v) is 16.0. The first kappa shape index (κ1) is 62.5. The summed E-state index contributed by atoms with van der Waals surface area (Å²) in [5, 5.41) is 23.8. The van der Waals surface area contributed by atoms with Crippen LogP contribution in [0.15, 0.2) is 83.3 Å². The van der Waals surface area contributed by atoms with Crippen molar-refractivity contribution in [3.8, 4) is 27.7 Å². The molecule has 23 nitrogen and oxygen atoms in total. The quantitative estimate of drug-likeness (QED) is 0.0383. The standard InChI is InChI=1S/C57H73FN10O13S2/c1-37-6-15-46(58)48(28-37)83(73,74)66-42-13-11-41(12-14-42)52-63-53-45(31-61-65-53)55(64-52)81-34-44-33-67(17-19-80-44)16-18-75-20-21-76-22-23-77-24-25-78-26-27-79-35-49(70)62-51(57(3,4)5)56(72)68-32-43(69)29-47(68)54(71)59-30-39-7-9-40(10-8-39)50-38(2)60-36-82-50/h6-15,28,31,36,43-44,47,51,66,69H,16-27,29-30,32-35H2,1-5H3,(H,59,71)(H,62,70)(H,61,63,64,65)/t43-,44-,47+,51-/m1/s1. The molecule has 83 heavy (non-hydrogen) atoms. The van der Waals surface area contributed by atoms with Gasteiger partial charge in [0.05, 0.1) is 94.5 Å². The van der Waals surface area contributed by atoms with Crippen molar-refractivity contribution in [2.75, 3.05) is 110 Å². The maximum atomic E-state index is 14.4. The summed E-state index contributed by atoms with van der Waals surface area (Å²) >= 11 is 1.57. The number of hydrogen-bond donors (Lipinski definition) is 5. The molecule has 3 amide bonds. The summed E-state index contributed by atoms with van der Waals surface area (Å²) in [4.78, 5) is 58.2. The Balaban J connectivity index is 0.641. The molecule has 448 valence electrons. The number of benzene rings is 3. The number of aryl methyl sites for hydroxylation is 2. The average Bonchev–Trinajstić information content (AvgIpc) is 4.48. The highest BCUT2D eigenvalue weighted by Crippen LogP contribution is 2.30. The lowest BCUT2D eigenvalue weighted by Gasteiger charge is -2.35. The van der Waals surface area contributed by atoms with Crippen molar-refractivity contribution >= 4 is 55.8 Å². The predicted molar refractivity (Wildman–Crippen MR) is 306 cm³/mol. The Morgan fingerprint density at radius 2 is 1.55 bits per heavy atom. The van der Waals surface area contributed by atoms with E-state index in [0.717, 1.165) is 34.3 Å². The number of halogens is 1. The van der Waals surface area contributed by atoms with Gasteiger partial charge in [0, 0.05) is 50.4 Å². The van der Waals surface area contributed by atoms with Crippen LogP contribution < -0.4 is 20.1 Å². The fraction of sp³-hybridized carbons (Fsp3) is 0.491. The fourth-order valence-corrected chi connectivity index (χ4v) is 11.3. The lowest BCUT2D eigenvalue weighted by molar-refractivity contribution is -0.144. The van der Waals surface area contributed by atoms with Crippen LogP contribution in [0.2, 0.25) is 0 Å². The maximum Gasteiger partial charge on any atom is 0.264 e. The molecule has 3 aromatic heterocycles. The number of carbonyl (C=O) groups excluding carboxylic acids is 3. The van der Waals surface area contributed by atoms with Crippen LogP contribution in [0.25, 0.3) is 32.9 Å². The van der Waals surface area contributed by atoms with E-state index in [9.17, 15) is 32.3 Å². The molecule has 26 heteroatoms. The molecule has 2 saturated heterocycles. The van der Waals surface area contributed by atoms with E-state index < -0.39 is 56.2 Å². The number of likely N-dealkylation sites (tertiary alicyclic amines) is 1. The molecule has 4 atom stereocenters. The molecule has 0 saturated carbocycles. The summed E-state index contributed by atoms with van der Waals surface area (Å²) < 4.78 is 83.1. The summed E-state index contributed by atoms with van der Waals surface area (Å²) in [7, 11) is -4.17. The number of aliphatic hydroxyl groups is 1. The van der Waals surface area contributed by atoms with Gasteiger partial charge in [-0.3, -0.25) is 29.1 Å². The summed E-state index contributed by atoms with van der Waals surface area (Å²) in [6, 6.07) is 16.3. The third-order valence-electron chi connectivity index (χ3n) is 13.7. The molecule has 0 spiro atoms. The summed E-state index contributed by atoms with van der Waals surface area (Å²) in [5.74, 6) is -1.54. The van der Waals surface area contributed by atoms with Crippen molar-refractivity contribution in [3.05, 3.63) is 101 Å². The predicted octanol–water partition coefficient (Wildman–Crippen LogP) is 4.67. The number of aliphatic hydroxyl groups excluding tert-OH is 1. The van der Waals surface area contributed by atoms with E-state index in [4.69, 9.17) is 33.2 Å². The van der Waals surface area contributed by atoms with Crippen LogP contribution >= 0.6 is 11.3 Å². The van der Waals surface area contributed by atoms with E-state index in [-0.39, 0.29) is 63.6 Å². The number of nitrogens with zero attached hydrogens (tertiary/aromatic N) is 6. The summed E-state index contributed by atoms with van der Waals surface area (Å²) in [6.07, 6.45) is 0.546. The number of nitrogens with one attached hydrogen (secondary N) is 4. The number of thiazole rings is 1. The lowest BCUT2D eigenvalue weighted by Crippen LogP contribution is -2.58. The zero-order valence-corrected chi connectivity index (χ0v) is 48.9. The van der Waals surface area contributed by atoms with Crippen molar-refractivity contribution in [2.45, 2.75) is 76.8 Å². The van der Waals surface area contributed by atoms with E-state index in [2.05, 4.69) is 45.4 Å². The zero-order valence-electron chi connectivity index (χ0n) is 47.3. The van der Waals surface area contributed by atoms with Gasteiger partial charge in [0.1, 0.15) is 47.5 Å². The topological polar surface area (TPSA) is 280 Å². The van der Waals surface area contributed by atoms with Crippen LogP contribution in [0.3, 0.4) is 0 Å². The number of ether oxygens (including phenoxy) is 7. The Morgan fingerprint density at radius 3 is 2.23 bits per heavy atom. The third kappa shape index (κ3) is 18.0. The van der Waals surface area contributed by atoms with E-state index in [0.29, 0.717) is 99.8 Å². The monoisotopic (exact) mass is 1190 g/mol. The van der Waals surface area contributed by atoms with Gasteiger partial charge in [0.25, 0.3) is 10.0 Å². The maximum absolute atomic E-state index is 14.4. The normalized spacial score (nSPS) is 17.2. The minimum Gasteiger partial charge on any atom is -0.474 e. The molecule has 5 N–H and O–H groups in total. The second-order valence-electron chi connectivity index (χ2n) is 21.2. The Morgan fingerprint density at radius 1 is 0.880 bits per heavy atom. The van der Waals surface area contributed by atoms with Crippen molar-refractivity contribution in [1.82, 2.24) is 45.6 Å². The number of amides is 3. The van der Waals surface area contributed by atoms with E-state index in [1.54, 1.807) is 54.2 Å². The fourth-order valence-electron chi connectivity index (χ4n) is 9.24. The minimum atomic E-state index is -4.17. The van der Waals surface area contributed by atoms with Crippen LogP contribution in [0.4, 0.5) is 10.1 Å². The molecule has 0 unspecified atom stereocenters. The lowest BCUT2D eigenvalue weighted by atomic mass is 9.85. The molecule has 6 aromatic rings. The van der Waals surface area contributed by atoms with Gasteiger partial charge in [-0.2, -0.15) is 10.1 Å². The number of rotatable bonds is 30. The van der Waals surface area contributed by atoms with Gasteiger partial charge in [-0.05, 0) is 72.4 Å². The number of morpholine rings is 1. The number of carbonyl (C=O) groups is 3. The molecule has 2 aliphatic heterocycles. The van der Waals surface area contributed by atoms with Crippen LogP contribution in [0.5, 0.6) is 5.88 Å². The van der Waals surface area contributed by atoms with Crippen molar-refractivity contribution < 1.29 is 65.5 Å². The SMILES string of the molecule is Cc1ccc(F)c(S(=O)(=O)Nc2ccc(-c3nc(OC[C@H]4CN(CCOCCOCCOCCOCCOCC(=O)N[C@H](C(=O)N5C[C@H](O)C[C@H]5C(=O)NCc5ccc(-c6scnc6C)cc5)C(C)(C)C)CCO4)c4cn[nH]c4n3)cc2)c1. The first-order valence-corrected chi connectivity index (χ1v) is 29.8. The Kier molecular flexibility index (Phi) is 22.4. The number of β-amino-alcohol motifs (C(OH)–C–C–N with tert-alkyl or cyclic N) is 1. The van der Waals surface area contributed by atoms with Gasteiger partial charge < -0.3 is 53.8 Å². The van der Waals surface area contributed by atoms with Crippen molar-refractivity contribution in [3.63, 3.8) is 0 Å². The average molecular weight is 1190 g/mol. The van der Waals surface area contributed by atoms with E-state index in [1.807, 2.05) is 52.0 Å². The highest BCUT2D eigenvalue weighted by atomic mass is 32.2. The van der Waals surface area contributed by atoms with Crippen LogP contribution in [0, 0.1) is 25.1 Å². The number of anilines is 1. The molecular formula is C57H73FN10O13S2. The molecule has 0 bridgehead atoms. The first-order valence-electron chi connectivity index (χ1n) is 27.4. The van der Waals surface area contributed by atoms with Gasteiger partial charge in [0.2, 0.25) is 23.6 Å². The van der Waals surface area contributed by atoms with Gasteiger partial charge >= 0.3 is 0 Å². The number of hydrogen-bond acceptors (Lipinski definition) is 19. The number of H-pyrrole nitrogens is 1. The van der Waals surface area contributed by atoms with Crippen molar-refractivity contribution in [2.24, 2.45) is 5.41 Å². The largest absolute Gasteiger partial charge is 0.474 e. The summed E-state index contributed by atoms with van der Waals surface area (Å²) in [6.45, 7) is 14.9. The second kappa shape index (κ2) is 29.8. The van der Waals surface area contributed by atoms with Crippen LogP contribution in [0.1, 0.15) is 44.0 Å². The molecular weight excluding hydrogens is 1120 g/mol. The van der Waals surface area contributed by atoms with Gasteiger partial charge in [-0.15, -0.1) is 11.3 Å². The number of fused-ring (bicyclic) bond motifs is 1. The van der Waals surface area contributed by atoms with Gasteiger partial charge in [-0.1, -0.05) is 51.1 Å². The molecule has 2 aliphatic rings. The minimum absolute atomic E-state index is 0.0284. The molecule has 8 rings (SSSR count). The number of aromatic nitrogens is 5. The Hall–Kier alpha value is -6.59. The van der Waals surface area contributed by atoms with E-state index >= 15 is 0 Å². The van der Waals surface area contributed by atoms with Crippen LogP contribution in [-0.2, 0) is 59.4 Å². The van der Waals surface area contributed by atoms with Crippen molar-refractivity contribution in [1.29, 1.82) is 0 Å². The van der Waals surface area contributed by atoms with Gasteiger partial charge in [-0.25, -0.2) is 22.8 Å². The smallest absolute Gasteiger partial charge is 0.264 e. The van der Waals surface area contributed by atoms with Crippen LogP contribution in [-0.4, -0.2) is 196 Å². The molecule has 2 fully saturated rings. The number of aromatic amines is 1. The molecule has 5 heterocycles. The number of sulfonamides is 1. The highest BCUT2D eigenvalue weighted by Gasteiger charge is 2.44. The second-order valence-corrected chi connectivity index (χ2v) is 23.7. The Labute approximate surface area is 486 Å². The first-order chi connectivity index (χ1) is 39.9. The summed E-state index contributed by atoms with van der Waals surface area (Å²) in [5.41, 5.74) is 5.87. The Bertz CT molecular complexity index is 3200. The molecule has 3 aromatic carbocycles. The van der Waals surface area contributed by atoms with Gasteiger partial charge in [0.15, 0.2) is 11.5 Å². The molecule has 0 aliphatic carbocycles.